The second-order valence-corrected chi connectivity index (χ2v) is 5.36. The Balaban J connectivity index is 2.08. The Morgan fingerprint density at radius 1 is 1.29 bits per heavy atom. The first-order valence-corrected chi connectivity index (χ1v) is 7.44. The molecule has 1 aromatic carbocycles. The lowest BCUT2D eigenvalue weighted by Crippen LogP contribution is -2.20. The van der Waals surface area contributed by atoms with Crippen LogP contribution in [0.15, 0.2) is 24.3 Å². The molecule has 21 heavy (non-hydrogen) atoms. The summed E-state index contributed by atoms with van der Waals surface area (Å²) in [5.41, 5.74) is 6.31. The maximum absolute atomic E-state index is 5.62. The summed E-state index contributed by atoms with van der Waals surface area (Å²) in [6.07, 6.45) is 2.93. The third kappa shape index (κ3) is 2.45. The van der Waals surface area contributed by atoms with Crippen molar-refractivity contribution >= 4 is 17.3 Å². The van der Waals surface area contributed by atoms with Gasteiger partial charge in [0.25, 0.3) is 0 Å². The summed E-state index contributed by atoms with van der Waals surface area (Å²) >= 11 is 0. The lowest BCUT2D eigenvalue weighted by Gasteiger charge is -2.22. The number of rotatable bonds is 4. The number of aromatic nitrogens is 2. The van der Waals surface area contributed by atoms with Crippen LogP contribution in [0.3, 0.4) is 0 Å². The molecule has 0 radical (unpaired) electrons. The van der Waals surface area contributed by atoms with Crippen molar-refractivity contribution in [3.63, 3.8) is 0 Å². The van der Waals surface area contributed by atoms with Crippen LogP contribution in [0.2, 0.25) is 0 Å². The number of nitrogens with zero attached hydrogens (tertiary/aromatic N) is 3. The van der Waals surface area contributed by atoms with Crippen LogP contribution in [0.1, 0.15) is 30.3 Å². The van der Waals surface area contributed by atoms with Gasteiger partial charge in [-0.15, -0.1) is 0 Å². The van der Waals surface area contributed by atoms with Crippen molar-refractivity contribution in [1.82, 2.24) is 9.97 Å². The zero-order valence-electron chi connectivity index (χ0n) is 12.6. The van der Waals surface area contributed by atoms with E-state index >= 15 is 0 Å². The highest BCUT2D eigenvalue weighted by atomic mass is 15.3. The van der Waals surface area contributed by atoms with Gasteiger partial charge in [-0.25, -0.2) is 15.8 Å². The smallest absolute Gasteiger partial charge is 0.148 e. The van der Waals surface area contributed by atoms with Crippen LogP contribution in [-0.4, -0.2) is 16.5 Å². The van der Waals surface area contributed by atoms with Crippen LogP contribution < -0.4 is 16.2 Å². The summed E-state index contributed by atoms with van der Waals surface area (Å²) in [4.78, 5) is 11.5. The van der Waals surface area contributed by atoms with Crippen molar-refractivity contribution in [2.75, 3.05) is 16.9 Å². The Bertz CT molecular complexity index is 653. The molecule has 1 aliphatic heterocycles. The summed E-state index contributed by atoms with van der Waals surface area (Å²) in [6, 6.07) is 8.49. The van der Waals surface area contributed by atoms with Crippen molar-refractivity contribution in [2.45, 2.75) is 33.1 Å². The fraction of sp³-hybridized carbons (Fsp3) is 0.375. The van der Waals surface area contributed by atoms with Crippen molar-refractivity contribution in [3.05, 3.63) is 41.2 Å². The monoisotopic (exact) mass is 283 g/mol. The van der Waals surface area contributed by atoms with E-state index in [0.717, 1.165) is 43.0 Å². The van der Waals surface area contributed by atoms with Crippen LogP contribution in [0.25, 0.3) is 0 Å². The largest absolute Gasteiger partial charge is 0.325 e. The van der Waals surface area contributed by atoms with Gasteiger partial charge in [0, 0.05) is 24.2 Å². The fourth-order valence-corrected chi connectivity index (χ4v) is 2.85. The van der Waals surface area contributed by atoms with Crippen molar-refractivity contribution in [2.24, 2.45) is 5.84 Å². The molecule has 1 aromatic heterocycles. The first-order chi connectivity index (χ1) is 10.2. The number of para-hydroxylation sites is 1. The third-order valence-corrected chi connectivity index (χ3v) is 3.92. The Morgan fingerprint density at radius 3 is 2.86 bits per heavy atom. The molecule has 0 atom stereocenters. The number of hydrazine groups is 1. The number of nitrogen functional groups attached to an aromatic ring is 1. The van der Waals surface area contributed by atoms with Crippen LogP contribution in [-0.2, 0) is 12.8 Å². The Hall–Kier alpha value is -2.14. The number of hydrogen-bond donors (Lipinski definition) is 2. The Morgan fingerprint density at radius 2 is 2.10 bits per heavy atom. The summed E-state index contributed by atoms with van der Waals surface area (Å²) in [5, 5.41) is 0. The summed E-state index contributed by atoms with van der Waals surface area (Å²) in [6.45, 7) is 5.09. The average molecular weight is 283 g/mol. The molecule has 110 valence electrons. The molecule has 3 rings (SSSR count). The standard InChI is InChI=1S/C16H21N5/c1-3-6-14-18-15(20-17)11(2)16(19-14)21-10-9-12-7-4-5-8-13(12)21/h4-5,7-8H,3,6,9-10,17H2,1-2H3,(H,18,19,20). The minimum atomic E-state index is 0.716. The predicted molar refractivity (Wildman–Crippen MR) is 85.7 cm³/mol. The molecular formula is C16H21N5. The van der Waals surface area contributed by atoms with Gasteiger partial charge >= 0.3 is 0 Å². The van der Waals surface area contributed by atoms with Gasteiger partial charge in [-0.05, 0) is 31.4 Å². The Kier molecular flexibility index (Phi) is 3.75. The highest BCUT2D eigenvalue weighted by Gasteiger charge is 2.24. The van der Waals surface area contributed by atoms with Crippen LogP contribution >= 0.6 is 0 Å². The van der Waals surface area contributed by atoms with E-state index in [-0.39, 0.29) is 0 Å². The van der Waals surface area contributed by atoms with Gasteiger partial charge in [0.2, 0.25) is 0 Å². The lowest BCUT2D eigenvalue weighted by atomic mass is 10.2. The number of nitrogens with two attached hydrogens (primary N) is 1. The first kappa shape index (κ1) is 13.8. The number of anilines is 3. The SMILES string of the molecule is CCCc1nc(NN)c(C)c(N2CCc3ccccc32)n1. The molecular weight excluding hydrogens is 262 g/mol. The van der Waals surface area contributed by atoms with E-state index in [4.69, 9.17) is 10.8 Å². The van der Waals surface area contributed by atoms with E-state index < -0.39 is 0 Å². The van der Waals surface area contributed by atoms with E-state index in [2.05, 4.69) is 46.5 Å². The van der Waals surface area contributed by atoms with Gasteiger partial charge in [0.1, 0.15) is 17.5 Å². The number of hydrogen-bond acceptors (Lipinski definition) is 5. The van der Waals surface area contributed by atoms with Gasteiger partial charge in [0.05, 0.1) is 0 Å². The van der Waals surface area contributed by atoms with E-state index in [1.54, 1.807) is 0 Å². The van der Waals surface area contributed by atoms with Crippen molar-refractivity contribution < 1.29 is 0 Å². The maximum Gasteiger partial charge on any atom is 0.148 e. The molecule has 0 saturated carbocycles. The minimum Gasteiger partial charge on any atom is -0.325 e. The van der Waals surface area contributed by atoms with Crippen LogP contribution in [0.4, 0.5) is 17.3 Å². The van der Waals surface area contributed by atoms with E-state index in [9.17, 15) is 0 Å². The van der Waals surface area contributed by atoms with E-state index in [0.29, 0.717) is 5.82 Å². The number of aryl methyl sites for hydroxylation is 1. The molecule has 0 aliphatic carbocycles. The van der Waals surface area contributed by atoms with Gasteiger partial charge in [-0.1, -0.05) is 25.1 Å². The molecule has 5 heteroatoms. The molecule has 0 unspecified atom stereocenters. The summed E-state index contributed by atoms with van der Waals surface area (Å²) in [7, 11) is 0. The second kappa shape index (κ2) is 5.69. The number of benzene rings is 1. The maximum atomic E-state index is 5.62. The van der Waals surface area contributed by atoms with Gasteiger partial charge < -0.3 is 10.3 Å². The van der Waals surface area contributed by atoms with Gasteiger partial charge in [-0.3, -0.25) is 0 Å². The van der Waals surface area contributed by atoms with Crippen LogP contribution in [0, 0.1) is 6.92 Å². The zero-order valence-corrected chi connectivity index (χ0v) is 12.6. The molecule has 0 spiro atoms. The normalized spacial score (nSPS) is 13.4. The molecule has 0 amide bonds. The lowest BCUT2D eigenvalue weighted by molar-refractivity contribution is 0.821. The highest BCUT2D eigenvalue weighted by molar-refractivity contribution is 5.72. The molecule has 3 N–H and O–H groups in total. The quantitative estimate of drug-likeness (QED) is 0.667. The van der Waals surface area contributed by atoms with Crippen molar-refractivity contribution in [1.29, 1.82) is 0 Å². The molecule has 5 nitrogen and oxygen atoms in total. The number of fused-ring (bicyclic) bond motifs is 1. The topological polar surface area (TPSA) is 67.1 Å². The molecule has 2 aromatic rings. The molecule has 0 fully saturated rings. The Labute approximate surface area is 125 Å². The minimum absolute atomic E-state index is 0.716. The summed E-state index contributed by atoms with van der Waals surface area (Å²) in [5.74, 6) is 8.14. The highest BCUT2D eigenvalue weighted by Crippen LogP contribution is 2.36. The van der Waals surface area contributed by atoms with Crippen molar-refractivity contribution in [3.8, 4) is 0 Å². The molecule has 2 heterocycles. The average Bonchev–Trinajstić information content (AvgIpc) is 2.93. The third-order valence-electron chi connectivity index (χ3n) is 3.92. The molecule has 0 saturated heterocycles. The number of nitrogens with one attached hydrogen (secondary N) is 1. The first-order valence-electron chi connectivity index (χ1n) is 7.44. The van der Waals surface area contributed by atoms with Gasteiger partial charge in [0.15, 0.2) is 0 Å². The zero-order chi connectivity index (χ0) is 14.8. The molecule has 1 aliphatic rings. The summed E-state index contributed by atoms with van der Waals surface area (Å²) < 4.78 is 0. The van der Waals surface area contributed by atoms with E-state index in [1.165, 1.54) is 11.3 Å². The predicted octanol–water partition coefficient (Wildman–Crippen LogP) is 2.72. The van der Waals surface area contributed by atoms with Gasteiger partial charge in [-0.2, -0.15) is 0 Å². The molecule has 0 bridgehead atoms. The van der Waals surface area contributed by atoms with Crippen LogP contribution in [0.5, 0.6) is 0 Å². The second-order valence-electron chi connectivity index (χ2n) is 5.36. The fourth-order valence-electron chi connectivity index (χ4n) is 2.85. The van der Waals surface area contributed by atoms with E-state index in [1.807, 2.05) is 6.92 Å².